The molecule has 0 unspecified atom stereocenters. The van der Waals surface area contributed by atoms with Gasteiger partial charge in [-0.2, -0.15) is 0 Å². The van der Waals surface area contributed by atoms with Crippen LogP contribution in [0.3, 0.4) is 0 Å². The third kappa shape index (κ3) is 2.65. The number of hydrogen-bond acceptors (Lipinski definition) is 5. The molecular weight excluding hydrogens is 366 g/mol. The van der Waals surface area contributed by atoms with E-state index in [9.17, 15) is 4.79 Å². The van der Waals surface area contributed by atoms with Gasteiger partial charge in [0.05, 0.1) is 11.6 Å². The number of carbonyl (C=O) groups is 1. The zero-order valence-corrected chi connectivity index (χ0v) is 16.6. The maximum absolute atomic E-state index is 13.5. The smallest absolute Gasteiger partial charge is 0.255 e. The molecule has 6 heterocycles. The van der Waals surface area contributed by atoms with Crippen molar-refractivity contribution in [2.45, 2.75) is 37.8 Å². The summed E-state index contributed by atoms with van der Waals surface area (Å²) in [5, 5.41) is 0. The van der Waals surface area contributed by atoms with Gasteiger partial charge in [-0.05, 0) is 68.6 Å². The lowest BCUT2D eigenvalue weighted by atomic mass is 9.75. The Morgan fingerprint density at radius 2 is 1.90 bits per heavy atom. The van der Waals surface area contributed by atoms with Crippen LogP contribution in [0.5, 0.6) is 11.5 Å². The number of likely N-dealkylation sites (tertiary alicyclic amines) is 1. The van der Waals surface area contributed by atoms with Gasteiger partial charge in [0.25, 0.3) is 5.91 Å². The average molecular weight is 391 g/mol. The molecule has 7 rings (SSSR count). The Balaban J connectivity index is 1.37. The van der Waals surface area contributed by atoms with Gasteiger partial charge >= 0.3 is 0 Å². The van der Waals surface area contributed by atoms with Crippen LogP contribution in [0, 0.1) is 12.8 Å². The Kier molecular flexibility index (Phi) is 3.85. The van der Waals surface area contributed by atoms with Crippen LogP contribution in [0.4, 0.5) is 0 Å². The first-order valence-electron chi connectivity index (χ1n) is 10.6. The first-order chi connectivity index (χ1) is 14.2. The van der Waals surface area contributed by atoms with Gasteiger partial charge in [0.15, 0.2) is 11.5 Å². The van der Waals surface area contributed by atoms with E-state index < -0.39 is 0 Å². The number of ether oxygens (including phenoxy) is 2. The molecule has 0 N–H and O–H groups in total. The lowest BCUT2D eigenvalue weighted by Crippen LogP contribution is -2.60. The first kappa shape index (κ1) is 17.3. The van der Waals surface area contributed by atoms with Crippen LogP contribution in [0.25, 0.3) is 0 Å². The topological polar surface area (TPSA) is 54.9 Å². The normalized spacial score (nSPS) is 31.8. The molecule has 4 fully saturated rings. The van der Waals surface area contributed by atoms with Crippen molar-refractivity contribution in [3.63, 3.8) is 0 Å². The fourth-order valence-electron chi connectivity index (χ4n) is 5.85. The molecule has 1 aromatic carbocycles. The van der Waals surface area contributed by atoms with Gasteiger partial charge < -0.3 is 14.4 Å². The van der Waals surface area contributed by atoms with E-state index in [1.54, 1.807) is 6.20 Å². The Hall–Kier alpha value is -2.60. The van der Waals surface area contributed by atoms with E-state index in [0.29, 0.717) is 23.4 Å². The molecule has 150 valence electrons. The predicted octanol–water partition coefficient (Wildman–Crippen LogP) is 2.82. The number of piperidine rings is 3. The fourth-order valence-corrected chi connectivity index (χ4v) is 5.85. The van der Waals surface area contributed by atoms with E-state index in [2.05, 4.69) is 26.9 Å². The Morgan fingerprint density at radius 3 is 2.69 bits per heavy atom. The maximum atomic E-state index is 13.5. The molecule has 6 nitrogen and oxygen atoms in total. The third-order valence-corrected chi connectivity index (χ3v) is 7.24. The number of rotatable bonds is 2. The molecule has 0 radical (unpaired) electrons. The maximum Gasteiger partial charge on any atom is 0.255 e. The molecule has 6 heteroatoms. The zero-order valence-electron chi connectivity index (χ0n) is 16.6. The van der Waals surface area contributed by atoms with Crippen LogP contribution in [0.1, 0.15) is 40.4 Å². The molecule has 1 amide bonds. The van der Waals surface area contributed by atoms with Gasteiger partial charge in [0.2, 0.25) is 6.79 Å². The molecule has 5 aliphatic rings. The van der Waals surface area contributed by atoms with Crippen molar-refractivity contribution >= 4 is 5.91 Å². The summed E-state index contributed by atoms with van der Waals surface area (Å²) in [5.41, 5.74) is 2.87. The Morgan fingerprint density at radius 1 is 1.07 bits per heavy atom. The van der Waals surface area contributed by atoms with E-state index in [1.807, 2.05) is 25.1 Å². The summed E-state index contributed by atoms with van der Waals surface area (Å²) in [6.45, 7) is 5.26. The second kappa shape index (κ2) is 6.46. The van der Waals surface area contributed by atoms with Crippen LogP contribution in [-0.2, 0) is 0 Å². The predicted molar refractivity (Wildman–Crippen MR) is 107 cm³/mol. The summed E-state index contributed by atoms with van der Waals surface area (Å²) in [6, 6.07) is 10.8. The first-order valence-corrected chi connectivity index (χ1v) is 10.6. The monoisotopic (exact) mass is 391 g/mol. The van der Waals surface area contributed by atoms with Crippen LogP contribution in [-0.4, -0.2) is 59.2 Å². The van der Waals surface area contributed by atoms with Crippen LogP contribution < -0.4 is 9.47 Å². The zero-order chi connectivity index (χ0) is 19.5. The van der Waals surface area contributed by atoms with Crippen molar-refractivity contribution in [2.24, 2.45) is 5.92 Å². The highest BCUT2D eigenvalue weighted by Gasteiger charge is 2.54. The third-order valence-electron chi connectivity index (χ3n) is 7.24. The summed E-state index contributed by atoms with van der Waals surface area (Å²) in [4.78, 5) is 22.6. The van der Waals surface area contributed by atoms with Gasteiger partial charge in [-0.25, -0.2) is 0 Å². The van der Waals surface area contributed by atoms with Crippen molar-refractivity contribution in [3.8, 4) is 11.5 Å². The molecule has 5 aliphatic heterocycles. The lowest BCUT2D eigenvalue weighted by molar-refractivity contribution is -0.00342. The highest BCUT2D eigenvalue weighted by atomic mass is 16.7. The molecule has 0 saturated carbocycles. The molecule has 4 saturated heterocycles. The van der Waals surface area contributed by atoms with E-state index in [1.165, 1.54) is 18.4 Å². The van der Waals surface area contributed by atoms with Crippen molar-refractivity contribution in [1.29, 1.82) is 0 Å². The van der Waals surface area contributed by atoms with Gasteiger partial charge in [-0.3, -0.25) is 14.7 Å². The van der Waals surface area contributed by atoms with Crippen molar-refractivity contribution in [1.82, 2.24) is 14.8 Å². The van der Waals surface area contributed by atoms with E-state index >= 15 is 0 Å². The molecule has 3 atom stereocenters. The van der Waals surface area contributed by atoms with E-state index in [0.717, 1.165) is 36.8 Å². The Labute approximate surface area is 170 Å². The summed E-state index contributed by atoms with van der Waals surface area (Å²) >= 11 is 0. The molecular formula is C23H25N3O3. The number of aryl methyl sites for hydroxylation is 1. The van der Waals surface area contributed by atoms with Crippen molar-refractivity contribution in [3.05, 3.63) is 53.3 Å². The lowest BCUT2D eigenvalue weighted by Gasteiger charge is -2.51. The summed E-state index contributed by atoms with van der Waals surface area (Å²) < 4.78 is 11.1. The number of benzene rings is 1. The second-order valence-corrected chi connectivity index (χ2v) is 8.72. The number of pyridine rings is 1. The number of aromatic nitrogens is 1. The van der Waals surface area contributed by atoms with Crippen LogP contribution >= 0.6 is 0 Å². The van der Waals surface area contributed by atoms with Gasteiger partial charge in [-0.15, -0.1) is 0 Å². The SMILES string of the molecule is Cc1ccc(C(=O)N2C[C@H](c3ccc4c(c3)OCO4)[C@H]3[C@@H]2C2CCN3CC2)cn1. The minimum Gasteiger partial charge on any atom is -0.454 e. The van der Waals surface area contributed by atoms with E-state index in [-0.39, 0.29) is 18.7 Å². The minimum atomic E-state index is 0.115. The molecule has 2 aromatic rings. The highest BCUT2D eigenvalue weighted by molar-refractivity contribution is 5.94. The second-order valence-electron chi connectivity index (χ2n) is 8.72. The minimum absolute atomic E-state index is 0.115. The highest BCUT2D eigenvalue weighted by Crippen LogP contribution is 2.48. The number of hydrogen-bond donors (Lipinski definition) is 0. The number of amides is 1. The van der Waals surface area contributed by atoms with E-state index in [4.69, 9.17) is 9.47 Å². The molecule has 29 heavy (non-hydrogen) atoms. The van der Waals surface area contributed by atoms with Crippen molar-refractivity contribution in [2.75, 3.05) is 26.4 Å². The molecule has 1 aromatic heterocycles. The standard InChI is InChI=1S/C23H25N3O3/c1-14-2-3-17(11-24-14)23(27)26-12-18(16-4-5-19-20(10-16)29-13-28-19)22-21(26)15-6-8-25(22)9-7-15/h2-5,10-11,15,18,21-22H,6-9,12-13H2,1H3/t18-,21+,22+/m1/s1. The quantitative estimate of drug-likeness (QED) is 0.788. The summed E-state index contributed by atoms with van der Waals surface area (Å²) in [6.07, 6.45) is 4.10. The average Bonchev–Trinajstić information content (AvgIpc) is 3.40. The van der Waals surface area contributed by atoms with Crippen LogP contribution in [0.2, 0.25) is 0 Å². The largest absolute Gasteiger partial charge is 0.454 e. The molecule has 0 spiro atoms. The molecule has 2 bridgehead atoms. The molecule has 0 aliphatic carbocycles. The van der Waals surface area contributed by atoms with Crippen molar-refractivity contribution < 1.29 is 14.3 Å². The summed E-state index contributed by atoms with van der Waals surface area (Å²) in [7, 11) is 0. The fraction of sp³-hybridized carbons (Fsp3) is 0.478. The number of nitrogens with zero attached hydrogens (tertiary/aromatic N) is 3. The van der Waals surface area contributed by atoms with Gasteiger partial charge in [0, 0.05) is 30.4 Å². The Bertz CT molecular complexity index is 952. The summed E-state index contributed by atoms with van der Waals surface area (Å²) in [5.74, 6) is 2.63. The number of carbonyl (C=O) groups excluding carboxylic acids is 1. The van der Waals surface area contributed by atoms with Crippen LogP contribution in [0.15, 0.2) is 36.5 Å². The van der Waals surface area contributed by atoms with Gasteiger partial charge in [-0.1, -0.05) is 6.07 Å². The number of fused-ring (bicyclic) bond motifs is 3. The van der Waals surface area contributed by atoms with Gasteiger partial charge in [0.1, 0.15) is 0 Å².